The largest absolute Gasteiger partial charge is 0.494 e. The Hall–Kier alpha value is -2.91. The minimum absolute atomic E-state index is 0.0638. The number of carbonyl (C=O) groups is 1. The predicted molar refractivity (Wildman–Crippen MR) is 118 cm³/mol. The van der Waals surface area contributed by atoms with Gasteiger partial charge in [0.2, 0.25) is 0 Å². The number of halogens is 3. The summed E-state index contributed by atoms with van der Waals surface area (Å²) in [5.41, 5.74) is -1.70. The minimum Gasteiger partial charge on any atom is -0.423 e. The first-order chi connectivity index (χ1) is 15.3. The Morgan fingerprint density at radius 2 is 1.55 bits per heavy atom. The number of carbonyl (C=O) groups excluding carboxylic acids is 1. The zero-order chi connectivity index (χ0) is 24.2. The van der Waals surface area contributed by atoms with Crippen LogP contribution in [0.25, 0.3) is 11.0 Å². The fourth-order valence-corrected chi connectivity index (χ4v) is 3.64. The molecule has 1 aliphatic rings. The molecule has 0 bridgehead atoms. The Morgan fingerprint density at radius 3 is 2.12 bits per heavy atom. The second-order valence-electron chi connectivity index (χ2n) is 9.12. The first-order valence-corrected chi connectivity index (χ1v) is 10.4. The first-order valence-electron chi connectivity index (χ1n) is 10.4. The van der Waals surface area contributed by atoms with Crippen LogP contribution in [-0.2, 0) is 21.9 Å². The third-order valence-corrected chi connectivity index (χ3v) is 6.24. The highest BCUT2D eigenvalue weighted by Crippen LogP contribution is 2.36. The maximum atomic E-state index is 13.2. The lowest BCUT2D eigenvalue weighted by molar-refractivity contribution is -0.136. The summed E-state index contributed by atoms with van der Waals surface area (Å²) in [6.07, 6.45) is -4.75. The van der Waals surface area contributed by atoms with E-state index in [0.717, 1.165) is 5.46 Å². The Morgan fingerprint density at radius 1 is 0.939 bits per heavy atom. The Balaban J connectivity index is 1.53. The molecule has 0 saturated carbocycles. The summed E-state index contributed by atoms with van der Waals surface area (Å²) in [5, 5.41) is -0.231. The molecule has 33 heavy (non-hydrogen) atoms. The van der Waals surface area contributed by atoms with Gasteiger partial charge in [0, 0.05) is 23.4 Å². The van der Waals surface area contributed by atoms with Crippen LogP contribution in [0.2, 0.25) is 0 Å². The summed E-state index contributed by atoms with van der Waals surface area (Å²) in [4.78, 5) is 24.3. The number of ketones is 1. The molecule has 0 aliphatic carbocycles. The highest BCUT2D eigenvalue weighted by molar-refractivity contribution is 6.62. The van der Waals surface area contributed by atoms with Crippen molar-refractivity contribution in [1.82, 2.24) is 0 Å². The molecule has 1 aromatic heterocycles. The van der Waals surface area contributed by atoms with Crippen molar-refractivity contribution in [1.29, 1.82) is 0 Å². The quantitative estimate of drug-likeness (QED) is 0.327. The van der Waals surface area contributed by atoms with E-state index >= 15 is 0 Å². The van der Waals surface area contributed by atoms with Gasteiger partial charge >= 0.3 is 18.9 Å². The van der Waals surface area contributed by atoms with Crippen LogP contribution in [0.15, 0.2) is 57.7 Å². The molecule has 0 N–H and O–H groups in total. The topological polar surface area (TPSA) is 65.7 Å². The summed E-state index contributed by atoms with van der Waals surface area (Å²) >= 11 is 0. The standard InChI is InChI=1S/C24H22BF3O5/c1-22(2)23(3,4)33-25(32-22)16-8-6-15(7-9-16)19(29)11-14-5-10-17-18(24(26,27)28)13-21(30)31-20(17)12-14/h5-10,12-13H,11H2,1-4H3. The van der Waals surface area contributed by atoms with Gasteiger partial charge in [0.05, 0.1) is 16.8 Å². The van der Waals surface area contributed by atoms with Gasteiger partial charge in [0.1, 0.15) is 5.58 Å². The first kappa shape index (κ1) is 23.3. The van der Waals surface area contributed by atoms with Crippen molar-refractivity contribution < 1.29 is 31.7 Å². The molecular formula is C24H22BF3O5. The fraction of sp³-hybridized carbons (Fsp3) is 0.333. The summed E-state index contributed by atoms with van der Waals surface area (Å²) < 4.78 is 56.6. The van der Waals surface area contributed by atoms with E-state index in [2.05, 4.69) is 0 Å². The summed E-state index contributed by atoms with van der Waals surface area (Å²) in [6, 6.07) is 11.2. The van der Waals surface area contributed by atoms with Crippen LogP contribution in [0.1, 0.15) is 49.2 Å². The van der Waals surface area contributed by atoms with Gasteiger partial charge in [-0.3, -0.25) is 4.79 Å². The molecule has 0 radical (unpaired) electrons. The SMILES string of the molecule is CC1(C)OB(c2ccc(C(=O)Cc3ccc4c(C(F)(F)F)cc(=O)oc4c3)cc2)OC1(C)C. The molecule has 1 aliphatic heterocycles. The van der Waals surface area contributed by atoms with Gasteiger partial charge in [-0.1, -0.05) is 36.4 Å². The van der Waals surface area contributed by atoms with Gasteiger partial charge in [0.15, 0.2) is 5.78 Å². The monoisotopic (exact) mass is 458 g/mol. The van der Waals surface area contributed by atoms with Crippen molar-refractivity contribution in [3.8, 4) is 0 Å². The van der Waals surface area contributed by atoms with Crippen LogP contribution in [-0.4, -0.2) is 24.1 Å². The van der Waals surface area contributed by atoms with Crippen LogP contribution < -0.4 is 11.1 Å². The molecule has 4 rings (SSSR count). The van der Waals surface area contributed by atoms with Gasteiger partial charge in [-0.2, -0.15) is 13.2 Å². The van der Waals surface area contributed by atoms with Gasteiger partial charge in [-0.05, 0) is 44.8 Å². The van der Waals surface area contributed by atoms with Crippen LogP contribution in [0.4, 0.5) is 13.2 Å². The highest BCUT2D eigenvalue weighted by atomic mass is 19.4. The molecule has 0 atom stereocenters. The molecule has 0 unspecified atom stereocenters. The highest BCUT2D eigenvalue weighted by Gasteiger charge is 2.51. The molecule has 5 nitrogen and oxygen atoms in total. The average molecular weight is 458 g/mol. The van der Waals surface area contributed by atoms with E-state index < -0.39 is 35.7 Å². The summed E-state index contributed by atoms with van der Waals surface area (Å²) in [5.74, 6) is -0.232. The zero-order valence-corrected chi connectivity index (χ0v) is 18.6. The van der Waals surface area contributed by atoms with E-state index in [1.165, 1.54) is 18.2 Å². The maximum Gasteiger partial charge on any atom is 0.494 e. The number of benzene rings is 2. The molecule has 172 valence electrons. The maximum absolute atomic E-state index is 13.2. The zero-order valence-electron chi connectivity index (χ0n) is 18.6. The van der Waals surface area contributed by atoms with Gasteiger partial charge < -0.3 is 13.7 Å². The number of Topliss-reactive ketones (excluding diaryl/α,β-unsaturated/α-hetero) is 1. The minimum atomic E-state index is -4.69. The smallest absolute Gasteiger partial charge is 0.423 e. The number of alkyl halides is 3. The van der Waals surface area contributed by atoms with Crippen LogP contribution in [0, 0.1) is 0 Å². The lowest BCUT2D eigenvalue weighted by Crippen LogP contribution is -2.41. The normalized spacial score (nSPS) is 17.5. The van der Waals surface area contributed by atoms with E-state index in [4.69, 9.17) is 13.7 Å². The van der Waals surface area contributed by atoms with Crippen molar-refractivity contribution >= 4 is 29.3 Å². The second-order valence-corrected chi connectivity index (χ2v) is 9.12. The van der Waals surface area contributed by atoms with Crippen molar-refractivity contribution in [3.05, 3.63) is 75.6 Å². The van der Waals surface area contributed by atoms with Crippen LogP contribution >= 0.6 is 0 Å². The van der Waals surface area contributed by atoms with E-state index in [-0.39, 0.29) is 23.2 Å². The molecule has 1 fully saturated rings. The van der Waals surface area contributed by atoms with E-state index in [1.54, 1.807) is 24.3 Å². The molecule has 9 heteroatoms. The van der Waals surface area contributed by atoms with Crippen molar-refractivity contribution in [2.24, 2.45) is 0 Å². The van der Waals surface area contributed by atoms with E-state index in [1.807, 2.05) is 27.7 Å². The Kier molecular flexibility index (Phi) is 5.53. The van der Waals surface area contributed by atoms with Crippen molar-refractivity contribution in [2.75, 3.05) is 0 Å². The molecule has 0 amide bonds. The summed E-state index contributed by atoms with van der Waals surface area (Å²) in [6.45, 7) is 7.81. The number of rotatable bonds is 4. The number of hydrogen-bond acceptors (Lipinski definition) is 5. The van der Waals surface area contributed by atoms with Crippen molar-refractivity contribution in [2.45, 2.75) is 51.5 Å². The third kappa shape index (κ3) is 4.47. The van der Waals surface area contributed by atoms with Gasteiger partial charge in [-0.15, -0.1) is 0 Å². The third-order valence-electron chi connectivity index (χ3n) is 6.24. The Labute approximate surface area is 188 Å². The molecular weight excluding hydrogens is 436 g/mol. The van der Waals surface area contributed by atoms with E-state index in [9.17, 15) is 22.8 Å². The fourth-order valence-electron chi connectivity index (χ4n) is 3.64. The molecule has 0 spiro atoms. The van der Waals surface area contributed by atoms with Gasteiger partial charge in [0.25, 0.3) is 0 Å². The number of hydrogen-bond donors (Lipinski definition) is 0. The summed E-state index contributed by atoms with van der Waals surface area (Å²) in [7, 11) is -0.551. The number of fused-ring (bicyclic) bond motifs is 1. The van der Waals surface area contributed by atoms with Crippen LogP contribution in [0.3, 0.4) is 0 Å². The molecule has 1 saturated heterocycles. The predicted octanol–water partition coefficient (Wildman–Crippen LogP) is 4.54. The van der Waals surface area contributed by atoms with E-state index in [0.29, 0.717) is 17.2 Å². The average Bonchev–Trinajstić information content (AvgIpc) is 2.93. The Bertz CT molecular complexity index is 1260. The lowest BCUT2D eigenvalue weighted by Gasteiger charge is -2.32. The molecule has 3 aromatic rings. The van der Waals surface area contributed by atoms with Crippen LogP contribution in [0.5, 0.6) is 0 Å². The second kappa shape index (κ2) is 7.85. The molecule has 2 heterocycles. The van der Waals surface area contributed by atoms with Gasteiger partial charge in [-0.25, -0.2) is 4.79 Å². The van der Waals surface area contributed by atoms with Crippen molar-refractivity contribution in [3.63, 3.8) is 0 Å². The molecule has 2 aromatic carbocycles. The lowest BCUT2D eigenvalue weighted by atomic mass is 9.78.